The van der Waals surface area contributed by atoms with Gasteiger partial charge < -0.3 is 5.73 Å². The lowest BCUT2D eigenvalue weighted by Crippen LogP contribution is -1.82. The number of nitrogens with two attached hydrogens (primary N) is 1. The zero-order valence-corrected chi connectivity index (χ0v) is 8.85. The van der Waals surface area contributed by atoms with E-state index >= 15 is 0 Å². The Morgan fingerprint density at radius 3 is 2.71 bits per heavy atom. The van der Waals surface area contributed by atoms with Crippen LogP contribution >= 0.6 is 11.3 Å². The average Bonchev–Trinajstić information content (AvgIpc) is 2.71. The Balaban J connectivity index is 2.43. The summed E-state index contributed by atoms with van der Waals surface area (Å²) < 4.78 is 0. The minimum Gasteiger partial charge on any atom is -0.375 e. The van der Waals surface area contributed by atoms with Crippen LogP contribution in [0.3, 0.4) is 0 Å². The molecular weight excluding hydrogens is 198 g/mol. The van der Waals surface area contributed by atoms with E-state index in [2.05, 4.69) is 20.2 Å². The van der Waals surface area contributed by atoms with Gasteiger partial charge in [0.05, 0.1) is 10.6 Å². The van der Waals surface area contributed by atoms with Gasteiger partial charge in [-0.3, -0.25) is 5.10 Å². The molecule has 0 fully saturated rings. The second-order valence-corrected chi connectivity index (χ2v) is 3.96. The standard InChI is InChI=1S/C8H11N5S/c1-3-5-11-7(13-12-5)6-4(2)10-8(9)14-6/h3H2,1-2H3,(H2,9,10)(H,11,12,13). The van der Waals surface area contributed by atoms with Crippen LogP contribution in [0.25, 0.3) is 10.7 Å². The van der Waals surface area contributed by atoms with Gasteiger partial charge in [0.1, 0.15) is 5.82 Å². The van der Waals surface area contributed by atoms with Gasteiger partial charge >= 0.3 is 0 Å². The first kappa shape index (κ1) is 9.14. The quantitative estimate of drug-likeness (QED) is 0.783. The monoisotopic (exact) mass is 209 g/mol. The van der Waals surface area contributed by atoms with Gasteiger partial charge in [-0.25, -0.2) is 9.97 Å². The number of nitrogen functional groups attached to an aromatic ring is 1. The minimum absolute atomic E-state index is 0.556. The number of aromatic nitrogens is 4. The second kappa shape index (κ2) is 3.38. The van der Waals surface area contributed by atoms with Crippen LogP contribution in [0, 0.1) is 6.92 Å². The number of nitrogens with zero attached hydrogens (tertiary/aromatic N) is 3. The lowest BCUT2D eigenvalue weighted by molar-refractivity contribution is 0.946. The van der Waals surface area contributed by atoms with E-state index in [1.807, 2.05) is 13.8 Å². The number of hydrogen-bond donors (Lipinski definition) is 2. The molecule has 0 saturated carbocycles. The maximum Gasteiger partial charge on any atom is 0.193 e. The molecule has 0 spiro atoms. The number of rotatable bonds is 2. The highest BCUT2D eigenvalue weighted by atomic mass is 32.1. The van der Waals surface area contributed by atoms with Crippen molar-refractivity contribution in [2.24, 2.45) is 0 Å². The number of nitrogens with one attached hydrogen (secondary N) is 1. The van der Waals surface area contributed by atoms with E-state index in [4.69, 9.17) is 5.73 Å². The van der Waals surface area contributed by atoms with Gasteiger partial charge in [-0.15, -0.1) is 0 Å². The summed E-state index contributed by atoms with van der Waals surface area (Å²) in [5.41, 5.74) is 6.48. The molecule has 0 bridgehead atoms. The van der Waals surface area contributed by atoms with Crippen molar-refractivity contribution in [3.8, 4) is 10.7 Å². The molecule has 0 aliphatic rings. The fourth-order valence-electron chi connectivity index (χ4n) is 1.18. The molecule has 0 amide bonds. The molecule has 0 aliphatic heterocycles. The summed E-state index contributed by atoms with van der Waals surface area (Å²) in [4.78, 5) is 9.39. The minimum atomic E-state index is 0.556. The van der Waals surface area contributed by atoms with E-state index in [0.29, 0.717) is 11.0 Å². The summed E-state index contributed by atoms with van der Waals surface area (Å²) in [7, 11) is 0. The Morgan fingerprint density at radius 1 is 1.43 bits per heavy atom. The molecule has 5 nitrogen and oxygen atoms in total. The van der Waals surface area contributed by atoms with Crippen LogP contribution in [-0.2, 0) is 6.42 Å². The molecule has 0 atom stereocenters. The average molecular weight is 209 g/mol. The topological polar surface area (TPSA) is 80.5 Å². The maximum absolute atomic E-state index is 5.60. The Labute approximate surface area is 85.4 Å². The first-order chi connectivity index (χ1) is 6.70. The van der Waals surface area contributed by atoms with Crippen LogP contribution in [0.15, 0.2) is 0 Å². The first-order valence-electron chi connectivity index (χ1n) is 4.35. The lowest BCUT2D eigenvalue weighted by atomic mass is 10.4. The van der Waals surface area contributed by atoms with E-state index in [9.17, 15) is 0 Å². The molecule has 6 heteroatoms. The van der Waals surface area contributed by atoms with Crippen LogP contribution < -0.4 is 5.73 Å². The Morgan fingerprint density at radius 2 is 2.21 bits per heavy atom. The summed E-state index contributed by atoms with van der Waals surface area (Å²) in [5, 5.41) is 7.53. The zero-order chi connectivity index (χ0) is 10.1. The number of thiazole rings is 1. The van der Waals surface area contributed by atoms with Gasteiger partial charge in [0.2, 0.25) is 0 Å². The van der Waals surface area contributed by atoms with Crippen molar-refractivity contribution in [3.63, 3.8) is 0 Å². The number of H-pyrrole nitrogens is 1. The highest BCUT2D eigenvalue weighted by Gasteiger charge is 2.12. The fourth-order valence-corrected chi connectivity index (χ4v) is 1.95. The Kier molecular flexibility index (Phi) is 2.20. The van der Waals surface area contributed by atoms with E-state index in [1.165, 1.54) is 11.3 Å². The predicted molar refractivity (Wildman–Crippen MR) is 56.0 cm³/mol. The highest BCUT2D eigenvalue weighted by Crippen LogP contribution is 2.28. The van der Waals surface area contributed by atoms with Crippen molar-refractivity contribution < 1.29 is 0 Å². The molecule has 3 N–H and O–H groups in total. The second-order valence-electron chi connectivity index (χ2n) is 2.93. The Bertz CT molecular complexity index is 444. The summed E-state index contributed by atoms with van der Waals surface area (Å²) in [6.07, 6.45) is 0.848. The van der Waals surface area contributed by atoms with Crippen LogP contribution in [-0.4, -0.2) is 20.2 Å². The third-order valence-corrected chi connectivity index (χ3v) is 2.87. The van der Waals surface area contributed by atoms with Crippen molar-refractivity contribution in [2.45, 2.75) is 20.3 Å². The first-order valence-corrected chi connectivity index (χ1v) is 5.17. The van der Waals surface area contributed by atoms with E-state index in [1.54, 1.807) is 0 Å². The SMILES string of the molecule is CCc1nc(-c2sc(N)nc2C)n[nH]1. The van der Waals surface area contributed by atoms with Crippen molar-refractivity contribution in [3.05, 3.63) is 11.5 Å². The third kappa shape index (κ3) is 1.48. The molecule has 2 aromatic heterocycles. The molecule has 0 aliphatic carbocycles. The van der Waals surface area contributed by atoms with Crippen LogP contribution in [0.2, 0.25) is 0 Å². The number of anilines is 1. The molecule has 2 rings (SSSR count). The molecule has 0 aromatic carbocycles. The van der Waals surface area contributed by atoms with Gasteiger partial charge in [-0.2, -0.15) is 5.10 Å². The lowest BCUT2D eigenvalue weighted by Gasteiger charge is -1.87. The summed E-state index contributed by atoms with van der Waals surface area (Å²) >= 11 is 1.41. The number of hydrogen-bond acceptors (Lipinski definition) is 5. The van der Waals surface area contributed by atoms with Gasteiger partial charge in [-0.05, 0) is 6.92 Å². The van der Waals surface area contributed by atoms with Crippen molar-refractivity contribution in [1.82, 2.24) is 20.2 Å². The van der Waals surface area contributed by atoms with Crippen molar-refractivity contribution in [2.75, 3.05) is 5.73 Å². The fraction of sp³-hybridized carbons (Fsp3) is 0.375. The summed E-state index contributed by atoms with van der Waals surface area (Å²) in [6, 6.07) is 0. The van der Waals surface area contributed by atoms with Crippen LogP contribution in [0.1, 0.15) is 18.4 Å². The number of aromatic amines is 1. The summed E-state index contributed by atoms with van der Waals surface area (Å²) in [5.74, 6) is 1.57. The molecular formula is C8H11N5S. The van der Waals surface area contributed by atoms with Crippen LogP contribution in [0.4, 0.5) is 5.13 Å². The van der Waals surface area contributed by atoms with Crippen molar-refractivity contribution in [1.29, 1.82) is 0 Å². The maximum atomic E-state index is 5.60. The van der Waals surface area contributed by atoms with Gasteiger partial charge in [-0.1, -0.05) is 18.3 Å². The van der Waals surface area contributed by atoms with E-state index in [0.717, 1.165) is 22.8 Å². The number of aryl methyl sites for hydroxylation is 2. The highest BCUT2D eigenvalue weighted by molar-refractivity contribution is 7.18. The van der Waals surface area contributed by atoms with Gasteiger partial charge in [0.15, 0.2) is 11.0 Å². The predicted octanol–water partition coefficient (Wildman–Crippen LogP) is 1.38. The normalized spacial score (nSPS) is 10.7. The molecule has 14 heavy (non-hydrogen) atoms. The van der Waals surface area contributed by atoms with Gasteiger partial charge in [0.25, 0.3) is 0 Å². The van der Waals surface area contributed by atoms with E-state index < -0.39 is 0 Å². The Hall–Kier alpha value is -1.43. The third-order valence-electron chi connectivity index (χ3n) is 1.88. The molecule has 2 aromatic rings. The van der Waals surface area contributed by atoms with Gasteiger partial charge in [0, 0.05) is 6.42 Å². The van der Waals surface area contributed by atoms with E-state index in [-0.39, 0.29) is 0 Å². The molecule has 0 saturated heterocycles. The smallest absolute Gasteiger partial charge is 0.193 e. The molecule has 2 heterocycles. The molecule has 0 unspecified atom stereocenters. The van der Waals surface area contributed by atoms with Crippen LogP contribution in [0.5, 0.6) is 0 Å². The largest absolute Gasteiger partial charge is 0.375 e. The molecule has 74 valence electrons. The molecule has 0 radical (unpaired) electrons. The van der Waals surface area contributed by atoms with Crippen molar-refractivity contribution >= 4 is 16.5 Å². The zero-order valence-electron chi connectivity index (χ0n) is 8.03. The summed E-state index contributed by atoms with van der Waals surface area (Å²) in [6.45, 7) is 3.93.